The first-order valence-corrected chi connectivity index (χ1v) is 12.0. The fraction of sp³-hybridized carbons (Fsp3) is 0.407. The fourth-order valence-electron chi connectivity index (χ4n) is 4.76. The van der Waals surface area contributed by atoms with Gasteiger partial charge in [0.25, 0.3) is 0 Å². The molecule has 0 bridgehead atoms. The Morgan fingerprint density at radius 3 is 2.54 bits per heavy atom. The van der Waals surface area contributed by atoms with E-state index in [0.29, 0.717) is 17.4 Å². The summed E-state index contributed by atoms with van der Waals surface area (Å²) in [5.41, 5.74) is 4.86. The van der Waals surface area contributed by atoms with Crippen molar-refractivity contribution in [3.05, 3.63) is 65.5 Å². The molecule has 4 aromatic rings. The van der Waals surface area contributed by atoms with E-state index in [-0.39, 0.29) is 11.3 Å². The highest BCUT2D eigenvalue weighted by atomic mass is 16.5. The molecule has 5 rings (SSSR count). The molecular formula is C27H32N6O2. The first kappa shape index (κ1) is 23.1. The third kappa shape index (κ3) is 4.29. The van der Waals surface area contributed by atoms with Crippen LogP contribution in [-0.4, -0.2) is 43.5 Å². The van der Waals surface area contributed by atoms with Gasteiger partial charge in [-0.15, -0.1) is 5.10 Å². The molecule has 4 heterocycles. The standard InChI is InChI=1S/C27H32N6O2/c1-17-15-32(16-28-17)22-11-10-21(29-26(22)35-6)24-30-25-19(8-7-13-33(25)31-24)18-9-12-23(34-5)20(14-18)27(2,3)4/h9-12,14-16,19H,7-8,13H2,1-6H3/t19-/m1/s1. The van der Waals surface area contributed by atoms with Gasteiger partial charge in [0.05, 0.1) is 26.2 Å². The Labute approximate surface area is 206 Å². The molecule has 1 atom stereocenters. The van der Waals surface area contributed by atoms with Crippen LogP contribution in [0.25, 0.3) is 17.2 Å². The maximum absolute atomic E-state index is 5.65. The summed E-state index contributed by atoms with van der Waals surface area (Å²) >= 11 is 0. The van der Waals surface area contributed by atoms with Crippen molar-refractivity contribution in [2.24, 2.45) is 0 Å². The van der Waals surface area contributed by atoms with E-state index < -0.39 is 0 Å². The molecule has 1 aliphatic heterocycles. The molecule has 35 heavy (non-hydrogen) atoms. The van der Waals surface area contributed by atoms with Crippen LogP contribution in [0.3, 0.4) is 0 Å². The van der Waals surface area contributed by atoms with Crippen molar-refractivity contribution in [3.63, 3.8) is 0 Å². The molecule has 0 N–H and O–H groups in total. The number of aromatic nitrogens is 6. The van der Waals surface area contributed by atoms with Crippen molar-refractivity contribution < 1.29 is 9.47 Å². The zero-order chi connectivity index (χ0) is 24.7. The van der Waals surface area contributed by atoms with Crippen LogP contribution in [0.4, 0.5) is 0 Å². The van der Waals surface area contributed by atoms with Gasteiger partial charge in [-0.25, -0.2) is 19.6 Å². The van der Waals surface area contributed by atoms with Gasteiger partial charge in [0.15, 0.2) is 5.82 Å². The molecule has 0 aliphatic carbocycles. The number of methoxy groups -OCH3 is 2. The highest BCUT2D eigenvalue weighted by molar-refractivity contribution is 5.56. The number of pyridine rings is 1. The number of imidazole rings is 1. The Morgan fingerprint density at radius 2 is 1.86 bits per heavy atom. The second-order valence-electron chi connectivity index (χ2n) is 10.1. The minimum atomic E-state index is -0.0230. The van der Waals surface area contributed by atoms with Crippen LogP contribution in [0.5, 0.6) is 11.6 Å². The van der Waals surface area contributed by atoms with Crippen LogP contribution in [-0.2, 0) is 12.0 Å². The summed E-state index contributed by atoms with van der Waals surface area (Å²) in [7, 11) is 3.35. The van der Waals surface area contributed by atoms with Crippen molar-refractivity contribution in [2.45, 2.75) is 58.4 Å². The number of rotatable bonds is 5. The largest absolute Gasteiger partial charge is 0.496 e. The summed E-state index contributed by atoms with van der Waals surface area (Å²) in [6.45, 7) is 9.44. The maximum Gasteiger partial charge on any atom is 0.238 e. The van der Waals surface area contributed by atoms with E-state index in [9.17, 15) is 0 Å². The van der Waals surface area contributed by atoms with Crippen LogP contribution >= 0.6 is 0 Å². The van der Waals surface area contributed by atoms with Gasteiger partial charge in [-0.05, 0) is 54.5 Å². The minimum Gasteiger partial charge on any atom is -0.496 e. The molecule has 0 saturated carbocycles. The Balaban J connectivity index is 1.52. The summed E-state index contributed by atoms with van der Waals surface area (Å²) in [6, 6.07) is 10.4. The number of aryl methyl sites for hydroxylation is 2. The van der Waals surface area contributed by atoms with Gasteiger partial charge in [0, 0.05) is 18.7 Å². The number of hydrogen-bond acceptors (Lipinski definition) is 6. The van der Waals surface area contributed by atoms with Gasteiger partial charge in [0.2, 0.25) is 5.88 Å². The fourth-order valence-corrected chi connectivity index (χ4v) is 4.76. The molecule has 0 spiro atoms. The van der Waals surface area contributed by atoms with E-state index >= 15 is 0 Å². The average molecular weight is 473 g/mol. The zero-order valence-electron chi connectivity index (χ0n) is 21.2. The topological polar surface area (TPSA) is 79.9 Å². The Hall–Kier alpha value is -3.68. The van der Waals surface area contributed by atoms with Crippen LogP contribution in [0, 0.1) is 6.92 Å². The van der Waals surface area contributed by atoms with Gasteiger partial charge in [-0.2, -0.15) is 0 Å². The number of fused-ring (bicyclic) bond motifs is 1. The second-order valence-corrected chi connectivity index (χ2v) is 10.1. The molecule has 8 heteroatoms. The van der Waals surface area contributed by atoms with E-state index in [2.05, 4.69) is 44.0 Å². The molecule has 0 unspecified atom stereocenters. The van der Waals surface area contributed by atoms with Crippen molar-refractivity contribution in [1.82, 2.24) is 29.3 Å². The minimum absolute atomic E-state index is 0.0230. The van der Waals surface area contributed by atoms with E-state index in [1.807, 2.05) is 34.5 Å². The molecule has 182 valence electrons. The van der Waals surface area contributed by atoms with E-state index in [1.54, 1.807) is 20.5 Å². The van der Waals surface area contributed by atoms with E-state index in [1.165, 1.54) is 11.1 Å². The van der Waals surface area contributed by atoms with Gasteiger partial charge < -0.3 is 14.0 Å². The highest BCUT2D eigenvalue weighted by Crippen LogP contribution is 2.38. The van der Waals surface area contributed by atoms with Gasteiger partial charge in [-0.1, -0.05) is 32.9 Å². The quantitative estimate of drug-likeness (QED) is 0.403. The SMILES string of the molecule is COc1ccc([C@H]2CCCn3nc(-c4ccc(-n5cnc(C)c5)c(OC)n4)nc32)cc1C(C)(C)C. The lowest BCUT2D eigenvalue weighted by molar-refractivity contribution is 0.396. The summed E-state index contributed by atoms with van der Waals surface area (Å²) in [5.74, 6) is 3.19. The number of hydrogen-bond donors (Lipinski definition) is 0. The average Bonchev–Trinajstić information content (AvgIpc) is 3.49. The van der Waals surface area contributed by atoms with Crippen molar-refractivity contribution in [2.75, 3.05) is 14.2 Å². The van der Waals surface area contributed by atoms with Crippen molar-refractivity contribution in [3.8, 4) is 28.8 Å². The molecule has 0 radical (unpaired) electrons. The van der Waals surface area contributed by atoms with Crippen molar-refractivity contribution >= 4 is 0 Å². The molecular weight excluding hydrogens is 440 g/mol. The smallest absolute Gasteiger partial charge is 0.238 e. The molecule has 3 aromatic heterocycles. The zero-order valence-corrected chi connectivity index (χ0v) is 21.2. The molecule has 0 amide bonds. The molecule has 1 aromatic carbocycles. The van der Waals surface area contributed by atoms with E-state index in [4.69, 9.17) is 24.5 Å². The van der Waals surface area contributed by atoms with Crippen LogP contribution < -0.4 is 9.47 Å². The summed E-state index contributed by atoms with van der Waals surface area (Å²) in [4.78, 5) is 14.0. The Bertz CT molecular complexity index is 1360. The predicted molar refractivity (Wildman–Crippen MR) is 134 cm³/mol. The summed E-state index contributed by atoms with van der Waals surface area (Å²) in [6.07, 6.45) is 5.78. The molecule has 0 saturated heterocycles. The molecule has 8 nitrogen and oxygen atoms in total. The summed E-state index contributed by atoms with van der Waals surface area (Å²) < 4.78 is 15.2. The second kappa shape index (κ2) is 8.83. The van der Waals surface area contributed by atoms with Gasteiger partial charge in [-0.3, -0.25) is 0 Å². The first-order chi connectivity index (χ1) is 16.8. The number of benzene rings is 1. The number of nitrogens with zero attached hydrogens (tertiary/aromatic N) is 6. The maximum atomic E-state index is 5.65. The highest BCUT2D eigenvalue weighted by Gasteiger charge is 2.29. The molecule has 1 aliphatic rings. The van der Waals surface area contributed by atoms with Crippen LogP contribution in [0.1, 0.15) is 62.2 Å². The Morgan fingerprint density at radius 1 is 1.03 bits per heavy atom. The van der Waals surface area contributed by atoms with Gasteiger partial charge in [0.1, 0.15) is 23.0 Å². The monoisotopic (exact) mass is 472 g/mol. The summed E-state index contributed by atoms with van der Waals surface area (Å²) in [5, 5.41) is 4.83. The normalized spacial score (nSPS) is 15.7. The van der Waals surface area contributed by atoms with Gasteiger partial charge >= 0.3 is 0 Å². The Kier molecular flexibility index (Phi) is 5.83. The lowest BCUT2D eigenvalue weighted by Gasteiger charge is -2.26. The van der Waals surface area contributed by atoms with Crippen LogP contribution in [0.2, 0.25) is 0 Å². The van der Waals surface area contributed by atoms with Crippen molar-refractivity contribution in [1.29, 1.82) is 0 Å². The first-order valence-electron chi connectivity index (χ1n) is 12.0. The third-order valence-electron chi connectivity index (χ3n) is 6.56. The van der Waals surface area contributed by atoms with Crippen LogP contribution in [0.15, 0.2) is 42.9 Å². The number of ether oxygens (including phenoxy) is 2. The lowest BCUT2D eigenvalue weighted by atomic mass is 9.82. The van der Waals surface area contributed by atoms with E-state index in [0.717, 1.165) is 42.3 Å². The lowest BCUT2D eigenvalue weighted by Crippen LogP contribution is -2.19. The molecule has 0 fully saturated rings. The third-order valence-corrected chi connectivity index (χ3v) is 6.56. The predicted octanol–water partition coefficient (Wildman–Crippen LogP) is 5.07.